The van der Waals surface area contributed by atoms with Crippen LogP contribution >= 0.6 is 0 Å². The molecule has 2 aliphatic carbocycles. The molecule has 0 fully saturated rings. The maximum atomic E-state index is 13.4. The van der Waals surface area contributed by atoms with Gasteiger partial charge in [0.05, 0.1) is 30.8 Å². The molecule has 0 aliphatic heterocycles. The number of amides is 3. The highest BCUT2D eigenvalue weighted by atomic mass is 16.5. The van der Waals surface area contributed by atoms with Crippen molar-refractivity contribution in [2.24, 2.45) is 29.4 Å². The van der Waals surface area contributed by atoms with Gasteiger partial charge in [-0.3, -0.25) is 24.0 Å². The second-order valence-corrected chi connectivity index (χ2v) is 20.1. The summed E-state index contributed by atoms with van der Waals surface area (Å²) < 4.78 is 11.6. The van der Waals surface area contributed by atoms with Crippen LogP contribution in [0.3, 0.4) is 0 Å². The Balaban J connectivity index is 0.000000214. The molecule has 3 amide bonds. The summed E-state index contributed by atoms with van der Waals surface area (Å²) >= 11 is 0. The number of hydrogen-bond donors (Lipinski definition) is 4. The zero-order valence-corrected chi connectivity index (χ0v) is 42.7. The minimum atomic E-state index is -0.628. The average Bonchev–Trinajstić information content (AvgIpc) is 3.87. The fraction of sp³-hybridized carbons (Fsp3) is 0.339. The highest BCUT2D eigenvalue weighted by Crippen LogP contribution is 2.46. The highest BCUT2D eigenvalue weighted by molar-refractivity contribution is 5.86. The van der Waals surface area contributed by atoms with Crippen molar-refractivity contribution >= 4 is 29.7 Å². The van der Waals surface area contributed by atoms with Gasteiger partial charge >= 0.3 is 11.9 Å². The van der Waals surface area contributed by atoms with Gasteiger partial charge in [0.15, 0.2) is 0 Å². The van der Waals surface area contributed by atoms with E-state index in [9.17, 15) is 24.0 Å². The number of benzene rings is 6. The number of rotatable bonds is 21. The quantitative estimate of drug-likeness (QED) is 0.0409. The van der Waals surface area contributed by atoms with Crippen LogP contribution in [0.1, 0.15) is 106 Å². The largest absolute Gasteiger partial charge is 0.465 e. The predicted molar refractivity (Wildman–Crippen MR) is 287 cm³/mol. The van der Waals surface area contributed by atoms with Crippen molar-refractivity contribution in [1.29, 1.82) is 0 Å². The molecule has 0 spiro atoms. The Morgan fingerprint density at radius 3 is 1.16 bits per heavy atom. The lowest BCUT2D eigenvalue weighted by Crippen LogP contribution is -2.50. The summed E-state index contributed by atoms with van der Waals surface area (Å²) in [4.78, 5) is 64.2. The van der Waals surface area contributed by atoms with E-state index in [4.69, 9.17) is 15.2 Å². The number of nitrogens with one attached hydrogen (secondary N) is 3. The smallest absolute Gasteiger partial charge is 0.306 e. The zero-order valence-electron chi connectivity index (χ0n) is 42.7. The Morgan fingerprint density at radius 1 is 0.466 bits per heavy atom. The average molecular weight is 983 g/mol. The second-order valence-electron chi connectivity index (χ2n) is 20.1. The van der Waals surface area contributed by atoms with E-state index >= 15 is 0 Å². The molecular formula is C62H70N4O7. The van der Waals surface area contributed by atoms with E-state index in [2.05, 4.69) is 78.3 Å². The van der Waals surface area contributed by atoms with Crippen molar-refractivity contribution in [3.63, 3.8) is 0 Å². The molecule has 0 bridgehead atoms. The SMILES string of the molecule is CC(=O)N[C@@H](CC(C)C)NC(=O)[C@@H](CC(=O)OCC1c2ccccc2-c2ccccc21)Cc1ccccc1.CC(C)C[C@H](N)NC(=O)[C@@H](CC(=O)OCC1c2ccccc2-c2ccccc21)Cc1ccccc1. The number of carbonyl (C=O) groups is 5. The van der Waals surface area contributed by atoms with Crippen molar-refractivity contribution < 1.29 is 33.4 Å². The van der Waals surface area contributed by atoms with E-state index in [1.807, 2.05) is 123 Å². The number of fused-ring (bicyclic) bond motifs is 6. The maximum absolute atomic E-state index is 13.4. The summed E-state index contributed by atoms with van der Waals surface area (Å²) in [5.41, 5.74) is 17.4. The first-order valence-electron chi connectivity index (χ1n) is 25.6. The predicted octanol–water partition coefficient (Wildman–Crippen LogP) is 10.3. The molecule has 0 heterocycles. The molecule has 5 N–H and O–H groups in total. The lowest BCUT2D eigenvalue weighted by atomic mass is 9.94. The maximum Gasteiger partial charge on any atom is 0.306 e. The van der Waals surface area contributed by atoms with E-state index in [0.29, 0.717) is 31.6 Å². The van der Waals surface area contributed by atoms with E-state index in [1.165, 1.54) is 40.3 Å². The summed E-state index contributed by atoms with van der Waals surface area (Å²) in [5.74, 6) is -2.09. The summed E-state index contributed by atoms with van der Waals surface area (Å²) in [6, 6.07) is 52.2. The van der Waals surface area contributed by atoms with Gasteiger partial charge < -0.3 is 31.2 Å². The summed E-state index contributed by atoms with van der Waals surface area (Å²) in [7, 11) is 0. The topological polar surface area (TPSA) is 166 Å². The minimum absolute atomic E-state index is 0.00510. The Bertz CT molecular complexity index is 2720. The van der Waals surface area contributed by atoms with Gasteiger partial charge in [-0.25, -0.2) is 0 Å². The van der Waals surface area contributed by atoms with Crippen LogP contribution in [0.25, 0.3) is 22.3 Å². The van der Waals surface area contributed by atoms with E-state index in [0.717, 1.165) is 22.3 Å². The van der Waals surface area contributed by atoms with Gasteiger partial charge in [-0.1, -0.05) is 185 Å². The zero-order chi connectivity index (χ0) is 51.9. The molecule has 4 atom stereocenters. The van der Waals surface area contributed by atoms with Gasteiger partial charge in [-0.15, -0.1) is 0 Å². The number of esters is 2. The summed E-state index contributed by atoms with van der Waals surface area (Å²) in [5, 5.41) is 8.65. The van der Waals surface area contributed by atoms with Crippen molar-refractivity contribution in [1.82, 2.24) is 16.0 Å². The molecule has 6 aromatic carbocycles. The number of nitrogens with two attached hydrogens (primary N) is 1. The van der Waals surface area contributed by atoms with E-state index in [1.54, 1.807) is 0 Å². The lowest BCUT2D eigenvalue weighted by molar-refractivity contribution is -0.147. The minimum Gasteiger partial charge on any atom is -0.465 e. The van der Waals surface area contributed by atoms with Crippen LogP contribution < -0.4 is 21.7 Å². The van der Waals surface area contributed by atoms with Crippen molar-refractivity contribution in [2.75, 3.05) is 13.2 Å². The highest BCUT2D eigenvalue weighted by Gasteiger charge is 2.33. The fourth-order valence-electron chi connectivity index (χ4n) is 10.1. The lowest BCUT2D eigenvalue weighted by Gasteiger charge is -2.24. The molecule has 0 saturated carbocycles. The molecule has 8 rings (SSSR count). The molecule has 11 heteroatoms. The fourth-order valence-corrected chi connectivity index (χ4v) is 10.1. The van der Waals surface area contributed by atoms with Gasteiger partial charge in [0.25, 0.3) is 0 Å². The van der Waals surface area contributed by atoms with Crippen LogP contribution in [0.2, 0.25) is 0 Å². The molecular weight excluding hydrogens is 913 g/mol. The molecule has 2 aliphatic rings. The Morgan fingerprint density at radius 2 is 0.808 bits per heavy atom. The summed E-state index contributed by atoms with van der Waals surface area (Å²) in [6.45, 7) is 10.1. The number of ether oxygens (including phenoxy) is 2. The molecule has 11 nitrogen and oxygen atoms in total. The Labute approximate surface area is 430 Å². The normalized spacial score (nSPS) is 14.0. The first kappa shape index (κ1) is 53.4. The van der Waals surface area contributed by atoms with Crippen LogP contribution in [0.5, 0.6) is 0 Å². The molecule has 0 unspecified atom stereocenters. The van der Waals surface area contributed by atoms with Crippen molar-refractivity contribution in [2.45, 2.75) is 97.3 Å². The number of hydrogen-bond acceptors (Lipinski definition) is 8. The van der Waals surface area contributed by atoms with Crippen LogP contribution in [0.15, 0.2) is 158 Å². The van der Waals surface area contributed by atoms with Crippen LogP contribution in [0.4, 0.5) is 0 Å². The molecule has 6 aromatic rings. The molecule has 0 radical (unpaired) electrons. The molecule has 380 valence electrons. The third kappa shape index (κ3) is 14.9. The summed E-state index contributed by atoms with van der Waals surface area (Å²) in [6.07, 6.45) is 1.12. The van der Waals surface area contributed by atoms with E-state index < -0.39 is 30.1 Å². The molecule has 73 heavy (non-hydrogen) atoms. The third-order valence-corrected chi connectivity index (χ3v) is 13.4. The van der Waals surface area contributed by atoms with E-state index in [-0.39, 0.29) is 67.5 Å². The number of carbonyl (C=O) groups excluding carboxylic acids is 5. The Hall–Kier alpha value is -7.37. The second kappa shape index (κ2) is 25.8. The first-order chi connectivity index (χ1) is 35.2. The monoisotopic (exact) mass is 983 g/mol. The van der Waals surface area contributed by atoms with Gasteiger partial charge in [-0.05, 0) is 93.2 Å². The van der Waals surface area contributed by atoms with Crippen molar-refractivity contribution in [3.8, 4) is 22.3 Å². The van der Waals surface area contributed by atoms with Gasteiger partial charge in [0.1, 0.15) is 19.4 Å². The molecule has 0 saturated heterocycles. The molecule has 0 aromatic heterocycles. The Kier molecular flexibility index (Phi) is 18.9. The standard InChI is InChI=1S/C32H36N2O4.C30H34N2O3/c1-21(2)17-30(33-22(3)35)34-32(37)24(18-23-11-5-4-6-12-23)19-31(36)38-20-29-27-15-9-7-13-25(27)26-14-8-10-16-28(26)29;1-20(2)16-28(31)32-30(34)22(17-21-10-4-3-5-11-21)18-29(33)35-19-27-25-14-8-6-12-23(25)24-13-7-9-15-26(24)27/h4-16,21,24,29-30H,17-20H2,1-3H3,(H,33,35)(H,34,37);3-15,20,22,27-28H,16-19,31H2,1-2H3,(H,32,34)/t24-,30-;22-,28-/m11/s1. The van der Waals surface area contributed by atoms with Crippen LogP contribution in [-0.4, -0.2) is 55.2 Å². The van der Waals surface area contributed by atoms with Crippen LogP contribution in [-0.2, 0) is 46.3 Å². The van der Waals surface area contributed by atoms with Crippen LogP contribution in [0, 0.1) is 23.7 Å². The van der Waals surface area contributed by atoms with Gasteiger partial charge in [0.2, 0.25) is 17.7 Å². The van der Waals surface area contributed by atoms with Crippen molar-refractivity contribution in [3.05, 3.63) is 191 Å². The third-order valence-electron chi connectivity index (χ3n) is 13.4. The first-order valence-corrected chi connectivity index (χ1v) is 25.6. The van der Waals surface area contributed by atoms with Gasteiger partial charge in [-0.2, -0.15) is 0 Å². The van der Waals surface area contributed by atoms with Gasteiger partial charge in [0, 0.05) is 18.8 Å².